The number of hydrogen-bond acceptors (Lipinski definition) is 4. The monoisotopic (exact) mass is 309 g/mol. The largest absolute Gasteiger partial charge is 0.494 e. The topological polar surface area (TPSA) is 48.4 Å². The van der Waals surface area contributed by atoms with Crippen molar-refractivity contribution < 1.29 is 14.3 Å². The summed E-state index contributed by atoms with van der Waals surface area (Å²) in [4.78, 5) is 15.9. The normalized spacial score (nSPS) is 10.4. The Balaban J connectivity index is 2.57. The molecular weight excluding hydrogens is 298 g/mol. The lowest BCUT2D eigenvalue weighted by Gasteiger charge is -2.08. The van der Waals surface area contributed by atoms with Gasteiger partial charge in [-0.25, -0.2) is 4.79 Å². The van der Waals surface area contributed by atoms with Crippen molar-refractivity contribution in [3.63, 3.8) is 0 Å². The molecule has 0 saturated heterocycles. The number of fused-ring (bicyclic) bond motifs is 1. The van der Waals surface area contributed by atoms with E-state index in [0.29, 0.717) is 23.4 Å². The third-order valence-electron chi connectivity index (χ3n) is 2.49. The third kappa shape index (κ3) is 2.31. The number of aromatic nitrogens is 1. The summed E-state index contributed by atoms with van der Waals surface area (Å²) in [6.45, 7) is 2.11. The lowest BCUT2D eigenvalue weighted by molar-refractivity contribution is 0.0526. The molecule has 4 nitrogen and oxygen atoms in total. The van der Waals surface area contributed by atoms with Crippen LogP contribution in [0.15, 0.2) is 28.9 Å². The van der Waals surface area contributed by atoms with E-state index >= 15 is 0 Å². The van der Waals surface area contributed by atoms with Crippen molar-refractivity contribution in [2.75, 3.05) is 13.7 Å². The summed E-state index contributed by atoms with van der Waals surface area (Å²) in [5, 5.41) is 0.819. The van der Waals surface area contributed by atoms with E-state index in [9.17, 15) is 4.79 Å². The first-order valence-corrected chi connectivity index (χ1v) is 6.26. The van der Waals surface area contributed by atoms with Crippen molar-refractivity contribution >= 4 is 32.8 Å². The standard InChI is InChI=1S/C13H12BrNO3/c1-3-18-13(16)8-6-9-10(14)4-5-11(17-2)12(9)15-7-8/h4-7H,3H2,1-2H3. The molecule has 1 aromatic heterocycles. The molecule has 2 aromatic rings. The highest BCUT2D eigenvalue weighted by Crippen LogP contribution is 2.30. The average molecular weight is 310 g/mol. The molecule has 0 N–H and O–H groups in total. The van der Waals surface area contributed by atoms with Gasteiger partial charge in [0.05, 0.1) is 19.3 Å². The molecular formula is C13H12BrNO3. The molecule has 0 atom stereocenters. The minimum atomic E-state index is -0.374. The number of ether oxygens (including phenoxy) is 2. The fraction of sp³-hybridized carbons (Fsp3) is 0.231. The second kappa shape index (κ2) is 5.35. The first-order valence-electron chi connectivity index (χ1n) is 5.46. The fourth-order valence-corrected chi connectivity index (χ4v) is 2.09. The molecule has 0 saturated carbocycles. The van der Waals surface area contributed by atoms with Gasteiger partial charge in [0, 0.05) is 16.1 Å². The van der Waals surface area contributed by atoms with Crippen LogP contribution in [0.5, 0.6) is 5.75 Å². The summed E-state index contributed by atoms with van der Waals surface area (Å²) < 4.78 is 11.0. The molecule has 2 rings (SSSR count). The van der Waals surface area contributed by atoms with Crippen molar-refractivity contribution in [2.24, 2.45) is 0 Å². The molecule has 0 fully saturated rings. The van der Waals surface area contributed by atoms with Crippen molar-refractivity contribution in [3.05, 3.63) is 34.4 Å². The molecule has 1 heterocycles. The van der Waals surface area contributed by atoms with Gasteiger partial charge in [-0.2, -0.15) is 0 Å². The Kier molecular flexibility index (Phi) is 3.81. The van der Waals surface area contributed by atoms with Crippen LogP contribution >= 0.6 is 15.9 Å². The zero-order valence-corrected chi connectivity index (χ0v) is 11.7. The molecule has 94 valence electrons. The molecule has 0 spiro atoms. The average Bonchev–Trinajstić information content (AvgIpc) is 2.39. The Labute approximate surface area is 113 Å². The molecule has 0 bridgehead atoms. The number of methoxy groups -OCH3 is 1. The predicted octanol–water partition coefficient (Wildman–Crippen LogP) is 3.18. The maximum atomic E-state index is 11.6. The molecule has 0 unspecified atom stereocenters. The Morgan fingerprint density at radius 3 is 2.89 bits per heavy atom. The molecule has 0 radical (unpaired) electrons. The van der Waals surface area contributed by atoms with Gasteiger partial charge in [0.25, 0.3) is 0 Å². The van der Waals surface area contributed by atoms with Crippen molar-refractivity contribution in [1.29, 1.82) is 0 Å². The lowest BCUT2D eigenvalue weighted by Crippen LogP contribution is -2.05. The van der Waals surface area contributed by atoms with Crippen LogP contribution in [-0.4, -0.2) is 24.7 Å². The van der Waals surface area contributed by atoms with E-state index < -0.39 is 0 Å². The number of esters is 1. The highest BCUT2D eigenvalue weighted by Gasteiger charge is 2.12. The number of halogens is 1. The van der Waals surface area contributed by atoms with Crippen molar-refractivity contribution in [2.45, 2.75) is 6.92 Å². The smallest absolute Gasteiger partial charge is 0.339 e. The zero-order valence-electron chi connectivity index (χ0n) is 10.1. The molecule has 18 heavy (non-hydrogen) atoms. The number of hydrogen-bond donors (Lipinski definition) is 0. The number of nitrogens with zero attached hydrogens (tertiary/aromatic N) is 1. The van der Waals surface area contributed by atoms with Crippen molar-refractivity contribution in [1.82, 2.24) is 4.98 Å². The number of carbonyl (C=O) groups excluding carboxylic acids is 1. The summed E-state index contributed by atoms with van der Waals surface area (Å²) >= 11 is 3.43. The van der Waals surface area contributed by atoms with E-state index in [1.54, 1.807) is 20.1 Å². The van der Waals surface area contributed by atoms with Crippen LogP contribution in [0.1, 0.15) is 17.3 Å². The number of rotatable bonds is 3. The van der Waals surface area contributed by atoms with Gasteiger partial charge in [-0.15, -0.1) is 0 Å². The molecule has 0 aliphatic rings. The minimum Gasteiger partial charge on any atom is -0.494 e. The van der Waals surface area contributed by atoms with Crippen LogP contribution < -0.4 is 4.74 Å². The van der Waals surface area contributed by atoms with E-state index in [4.69, 9.17) is 9.47 Å². The van der Waals surface area contributed by atoms with Gasteiger partial charge in [0.1, 0.15) is 11.3 Å². The molecule has 0 aliphatic heterocycles. The van der Waals surface area contributed by atoms with Crippen LogP contribution in [0.3, 0.4) is 0 Å². The summed E-state index contributed by atoms with van der Waals surface area (Å²) in [6.07, 6.45) is 1.50. The van der Waals surface area contributed by atoms with E-state index in [-0.39, 0.29) is 5.97 Å². The Morgan fingerprint density at radius 1 is 1.44 bits per heavy atom. The third-order valence-corrected chi connectivity index (χ3v) is 3.18. The second-order valence-electron chi connectivity index (χ2n) is 3.59. The fourth-order valence-electron chi connectivity index (χ4n) is 1.65. The van der Waals surface area contributed by atoms with Gasteiger partial charge in [-0.1, -0.05) is 15.9 Å². The highest BCUT2D eigenvalue weighted by molar-refractivity contribution is 9.10. The number of carbonyl (C=O) groups is 1. The molecule has 0 aliphatic carbocycles. The Hall–Kier alpha value is -1.62. The lowest BCUT2D eigenvalue weighted by atomic mass is 10.1. The molecule has 1 aromatic carbocycles. The quantitative estimate of drug-likeness (QED) is 0.817. The van der Waals surface area contributed by atoms with E-state index in [0.717, 1.165) is 9.86 Å². The van der Waals surface area contributed by atoms with Crippen molar-refractivity contribution in [3.8, 4) is 5.75 Å². The zero-order chi connectivity index (χ0) is 13.1. The summed E-state index contributed by atoms with van der Waals surface area (Å²) in [5.74, 6) is 0.297. The van der Waals surface area contributed by atoms with Crippen LogP contribution in [0.4, 0.5) is 0 Å². The van der Waals surface area contributed by atoms with E-state index in [1.807, 2.05) is 12.1 Å². The first-order chi connectivity index (χ1) is 8.67. The number of pyridine rings is 1. The summed E-state index contributed by atoms with van der Waals surface area (Å²) in [7, 11) is 1.59. The summed E-state index contributed by atoms with van der Waals surface area (Å²) in [5.41, 5.74) is 1.14. The van der Waals surface area contributed by atoms with Gasteiger partial charge in [-0.3, -0.25) is 4.98 Å². The Bertz CT molecular complexity index is 598. The van der Waals surface area contributed by atoms with Gasteiger partial charge < -0.3 is 9.47 Å². The van der Waals surface area contributed by atoms with Crippen LogP contribution in [0.2, 0.25) is 0 Å². The SMILES string of the molecule is CCOC(=O)c1cnc2c(OC)ccc(Br)c2c1. The Morgan fingerprint density at radius 2 is 2.22 bits per heavy atom. The van der Waals surface area contributed by atoms with Crippen LogP contribution in [-0.2, 0) is 4.74 Å². The first kappa shape index (κ1) is 12.8. The van der Waals surface area contributed by atoms with Gasteiger partial charge in [0.15, 0.2) is 0 Å². The van der Waals surface area contributed by atoms with E-state index in [1.165, 1.54) is 6.20 Å². The van der Waals surface area contributed by atoms with E-state index in [2.05, 4.69) is 20.9 Å². The highest BCUT2D eigenvalue weighted by atomic mass is 79.9. The minimum absolute atomic E-state index is 0.343. The van der Waals surface area contributed by atoms with Crippen LogP contribution in [0.25, 0.3) is 10.9 Å². The predicted molar refractivity (Wildman–Crippen MR) is 72.0 cm³/mol. The second-order valence-corrected chi connectivity index (χ2v) is 4.44. The molecule has 0 amide bonds. The van der Waals surface area contributed by atoms with Gasteiger partial charge in [-0.05, 0) is 25.1 Å². The maximum absolute atomic E-state index is 11.6. The molecule has 5 heteroatoms. The summed E-state index contributed by atoms with van der Waals surface area (Å²) in [6, 6.07) is 5.42. The number of benzene rings is 1. The van der Waals surface area contributed by atoms with Gasteiger partial charge >= 0.3 is 5.97 Å². The van der Waals surface area contributed by atoms with Gasteiger partial charge in [0.2, 0.25) is 0 Å². The van der Waals surface area contributed by atoms with Crippen LogP contribution in [0, 0.1) is 0 Å². The maximum Gasteiger partial charge on any atom is 0.339 e.